The van der Waals surface area contributed by atoms with E-state index in [9.17, 15) is 22.8 Å². The minimum absolute atomic E-state index is 0.103. The van der Waals surface area contributed by atoms with Gasteiger partial charge in [0.25, 0.3) is 5.91 Å². The number of benzene rings is 1. The predicted molar refractivity (Wildman–Crippen MR) is 101 cm³/mol. The minimum Gasteiger partial charge on any atom is -0.454 e. The fourth-order valence-corrected chi connectivity index (χ4v) is 4.52. The monoisotopic (exact) mass is 411 g/mol. The van der Waals surface area contributed by atoms with E-state index in [1.54, 1.807) is 19.1 Å². The molecule has 0 aromatic heterocycles. The Hall–Kier alpha value is -2.46. The van der Waals surface area contributed by atoms with Gasteiger partial charge in [-0.1, -0.05) is 17.7 Å². The Morgan fingerprint density at radius 3 is 2.50 bits per heavy atom. The second-order valence-electron chi connectivity index (χ2n) is 6.46. The first-order valence-corrected chi connectivity index (χ1v) is 10.5. The van der Waals surface area contributed by atoms with Gasteiger partial charge >= 0.3 is 12.0 Å². The van der Waals surface area contributed by atoms with Crippen LogP contribution in [0.2, 0.25) is 0 Å². The summed E-state index contributed by atoms with van der Waals surface area (Å²) >= 11 is 0. The normalized spacial score (nSPS) is 17.6. The number of hydrogen-bond donors (Lipinski definition) is 2. The third kappa shape index (κ3) is 5.52. The molecule has 0 aliphatic carbocycles. The third-order valence-corrected chi connectivity index (χ3v) is 6.21. The van der Waals surface area contributed by atoms with Crippen LogP contribution in [0.3, 0.4) is 0 Å². The molecule has 0 bridgehead atoms. The molecule has 2 rings (SSSR count). The molecule has 1 aromatic rings. The highest BCUT2D eigenvalue weighted by Gasteiger charge is 2.38. The van der Waals surface area contributed by atoms with Crippen molar-refractivity contribution in [2.24, 2.45) is 0 Å². The standard InChI is InChI=1S/C18H25N3O6S/c1-3-19-18(24)20-16(22)12-27-17(23)15-6-4-5-11-21(15)28(25,26)14-9-7-13(2)8-10-14/h7-10,15H,3-6,11-12H2,1-2H3,(H2,19,20,22,24)/t15-/m1/s1. The highest BCUT2D eigenvalue weighted by molar-refractivity contribution is 7.89. The maximum atomic E-state index is 13.0. The Balaban J connectivity index is 2.05. The third-order valence-electron chi connectivity index (χ3n) is 4.29. The number of nitrogens with one attached hydrogen (secondary N) is 2. The van der Waals surface area contributed by atoms with E-state index >= 15 is 0 Å². The van der Waals surface area contributed by atoms with Gasteiger partial charge in [0.1, 0.15) is 6.04 Å². The molecule has 154 valence electrons. The lowest BCUT2D eigenvalue weighted by Gasteiger charge is -2.32. The van der Waals surface area contributed by atoms with Crippen LogP contribution in [0.15, 0.2) is 29.2 Å². The number of imide groups is 1. The lowest BCUT2D eigenvalue weighted by molar-refractivity contribution is -0.152. The Morgan fingerprint density at radius 2 is 1.86 bits per heavy atom. The molecule has 1 aliphatic rings. The number of ether oxygens (including phenoxy) is 1. The Kier molecular flexibility index (Phi) is 7.53. The summed E-state index contributed by atoms with van der Waals surface area (Å²) in [6.07, 6.45) is 1.61. The van der Waals surface area contributed by atoms with Crippen LogP contribution in [0.1, 0.15) is 31.7 Å². The summed E-state index contributed by atoms with van der Waals surface area (Å²) in [4.78, 5) is 35.5. The summed E-state index contributed by atoms with van der Waals surface area (Å²) in [5.74, 6) is -1.59. The van der Waals surface area contributed by atoms with Gasteiger partial charge in [0.05, 0.1) is 4.90 Å². The van der Waals surface area contributed by atoms with Crippen LogP contribution >= 0.6 is 0 Å². The number of sulfonamides is 1. The number of nitrogens with zero attached hydrogens (tertiary/aromatic N) is 1. The first-order valence-electron chi connectivity index (χ1n) is 9.08. The van der Waals surface area contributed by atoms with E-state index < -0.39 is 40.6 Å². The number of urea groups is 1. The molecular formula is C18H25N3O6S. The molecule has 28 heavy (non-hydrogen) atoms. The van der Waals surface area contributed by atoms with Crippen LogP contribution in [0.4, 0.5) is 4.79 Å². The largest absolute Gasteiger partial charge is 0.454 e. The molecule has 1 atom stereocenters. The van der Waals surface area contributed by atoms with Gasteiger partial charge in [-0.3, -0.25) is 14.9 Å². The fourth-order valence-electron chi connectivity index (χ4n) is 2.87. The van der Waals surface area contributed by atoms with Crippen LogP contribution in [-0.2, 0) is 24.3 Å². The van der Waals surface area contributed by atoms with Gasteiger partial charge in [0.15, 0.2) is 6.61 Å². The molecule has 1 aromatic carbocycles. The zero-order valence-corrected chi connectivity index (χ0v) is 16.8. The number of hydrogen-bond acceptors (Lipinski definition) is 6. The van der Waals surface area contributed by atoms with E-state index in [1.165, 1.54) is 12.1 Å². The topological polar surface area (TPSA) is 122 Å². The zero-order chi connectivity index (χ0) is 20.7. The molecule has 0 saturated carbocycles. The summed E-state index contributed by atoms with van der Waals surface area (Å²) in [5.41, 5.74) is 0.923. The predicted octanol–water partition coefficient (Wildman–Crippen LogP) is 0.927. The van der Waals surface area contributed by atoms with Crippen LogP contribution < -0.4 is 10.6 Å². The highest BCUT2D eigenvalue weighted by atomic mass is 32.2. The second-order valence-corrected chi connectivity index (χ2v) is 8.35. The molecule has 0 spiro atoms. The van der Waals surface area contributed by atoms with Crippen molar-refractivity contribution in [3.05, 3.63) is 29.8 Å². The SMILES string of the molecule is CCNC(=O)NC(=O)COC(=O)[C@H]1CCCCN1S(=O)(=O)c1ccc(C)cc1. The van der Waals surface area contributed by atoms with Crippen molar-refractivity contribution in [2.75, 3.05) is 19.7 Å². The molecule has 1 saturated heterocycles. The maximum absolute atomic E-state index is 13.0. The van der Waals surface area contributed by atoms with E-state index in [-0.39, 0.29) is 11.4 Å². The Bertz CT molecular complexity index is 822. The summed E-state index contributed by atoms with van der Waals surface area (Å²) in [7, 11) is -3.87. The van der Waals surface area contributed by atoms with E-state index in [0.717, 1.165) is 9.87 Å². The van der Waals surface area contributed by atoms with Crippen LogP contribution in [-0.4, -0.2) is 56.4 Å². The molecule has 9 nitrogen and oxygen atoms in total. The average molecular weight is 411 g/mol. The van der Waals surface area contributed by atoms with Gasteiger partial charge in [-0.25, -0.2) is 13.2 Å². The van der Waals surface area contributed by atoms with Crippen molar-refractivity contribution in [3.63, 3.8) is 0 Å². The number of rotatable bonds is 6. The van der Waals surface area contributed by atoms with Crippen LogP contribution in [0.5, 0.6) is 0 Å². The summed E-state index contributed by atoms with van der Waals surface area (Å²) in [6.45, 7) is 3.41. The lowest BCUT2D eigenvalue weighted by Crippen LogP contribution is -2.49. The first-order chi connectivity index (χ1) is 13.3. The number of aryl methyl sites for hydroxylation is 1. The highest BCUT2D eigenvalue weighted by Crippen LogP contribution is 2.26. The van der Waals surface area contributed by atoms with Crippen molar-refractivity contribution in [2.45, 2.75) is 44.0 Å². The number of carbonyl (C=O) groups excluding carboxylic acids is 3. The second kappa shape index (κ2) is 9.65. The van der Waals surface area contributed by atoms with Crippen molar-refractivity contribution in [1.82, 2.24) is 14.9 Å². The molecule has 1 heterocycles. The molecule has 0 unspecified atom stereocenters. The van der Waals surface area contributed by atoms with Crippen LogP contribution in [0.25, 0.3) is 0 Å². The van der Waals surface area contributed by atoms with Gasteiger partial charge < -0.3 is 10.1 Å². The van der Waals surface area contributed by atoms with Gasteiger partial charge in [-0.2, -0.15) is 4.31 Å². The lowest BCUT2D eigenvalue weighted by atomic mass is 10.1. The van der Waals surface area contributed by atoms with Crippen molar-refractivity contribution in [1.29, 1.82) is 0 Å². The van der Waals surface area contributed by atoms with Crippen molar-refractivity contribution in [3.8, 4) is 0 Å². The van der Waals surface area contributed by atoms with Gasteiger partial charge in [0.2, 0.25) is 10.0 Å². The summed E-state index contributed by atoms with van der Waals surface area (Å²) < 4.78 is 32.0. The minimum atomic E-state index is -3.87. The van der Waals surface area contributed by atoms with Crippen molar-refractivity contribution < 1.29 is 27.5 Å². The Labute approximate surface area is 164 Å². The molecule has 1 fully saturated rings. The van der Waals surface area contributed by atoms with E-state index in [1.807, 2.05) is 12.2 Å². The quantitative estimate of drug-likeness (QED) is 0.672. The number of esters is 1. The number of carbonyl (C=O) groups is 3. The first kappa shape index (κ1) is 21.8. The van der Waals surface area contributed by atoms with Crippen LogP contribution in [0, 0.1) is 6.92 Å². The smallest absolute Gasteiger partial charge is 0.324 e. The fraction of sp³-hybridized carbons (Fsp3) is 0.500. The molecule has 10 heteroatoms. The van der Waals surface area contributed by atoms with E-state index in [4.69, 9.17) is 4.74 Å². The Morgan fingerprint density at radius 1 is 1.18 bits per heavy atom. The molecule has 0 radical (unpaired) electrons. The number of amides is 3. The van der Waals surface area contributed by atoms with Gasteiger partial charge in [0, 0.05) is 13.1 Å². The molecular weight excluding hydrogens is 386 g/mol. The van der Waals surface area contributed by atoms with Gasteiger partial charge in [-0.15, -0.1) is 0 Å². The van der Waals surface area contributed by atoms with Gasteiger partial charge in [-0.05, 0) is 45.2 Å². The number of piperidine rings is 1. The van der Waals surface area contributed by atoms with Crippen molar-refractivity contribution >= 4 is 27.9 Å². The molecule has 1 aliphatic heterocycles. The molecule has 3 amide bonds. The summed E-state index contributed by atoms with van der Waals surface area (Å²) in [5, 5.41) is 4.39. The molecule has 2 N–H and O–H groups in total. The summed E-state index contributed by atoms with van der Waals surface area (Å²) in [6, 6.07) is 4.69. The maximum Gasteiger partial charge on any atom is 0.324 e. The average Bonchev–Trinajstić information content (AvgIpc) is 2.66. The van der Waals surface area contributed by atoms with E-state index in [0.29, 0.717) is 25.8 Å². The zero-order valence-electron chi connectivity index (χ0n) is 15.9. The van der Waals surface area contributed by atoms with E-state index in [2.05, 4.69) is 5.32 Å².